The van der Waals surface area contributed by atoms with E-state index in [0.29, 0.717) is 48.4 Å². The molecule has 0 N–H and O–H groups in total. The SMILES string of the molecule is O=C(c1cc(Cl)c2c(c1)OCCCO2)N1CCN(Cc2nc3ccccc3s2)CC1. The first kappa shape index (κ1) is 19.6. The fourth-order valence-electron chi connectivity index (χ4n) is 3.82. The van der Waals surface area contributed by atoms with Crippen LogP contribution < -0.4 is 9.47 Å². The molecule has 8 heteroatoms. The monoisotopic (exact) mass is 443 g/mol. The second kappa shape index (κ2) is 8.41. The Morgan fingerprint density at radius 1 is 1.10 bits per heavy atom. The summed E-state index contributed by atoms with van der Waals surface area (Å²) < 4.78 is 12.6. The molecule has 2 aliphatic heterocycles. The van der Waals surface area contributed by atoms with Crippen molar-refractivity contribution in [3.05, 3.63) is 52.0 Å². The summed E-state index contributed by atoms with van der Waals surface area (Å²) in [5, 5.41) is 1.54. The first-order valence-corrected chi connectivity index (χ1v) is 11.3. The van der Waals surface area contributed by atoms with Crippen LogP contribution in [0.1, 0.15) is 21.8 Å². The minimum absolute atomic E-state index is 0.0211. The number of nitrogens with zero attached hydrogens (tertiary/aromatic N) is 3. The van der Waals surface area contributed by atoms with Crippen molar-refractivity contribution in [2.45, 2.75) is 13.0 Å². The number of hydrogen-bond donors (Lipinski definition) is 0. The number of para-hydroxylation sites is 1. The molecule has 1 aromatic heterocycles. The lowest BCUT2D eigenvalue weighted by Gasteiger charge is -2.34. The van der Waals surface area contributed by atoms with Crippen molar-refractivity contribution >= 4 is 39.1 Å². The topological polar surface area (TPSA) is 54.9 Å². The van der Waals surface area contributed by atoms with Gasteiger partial charge in [0.05, 0.1) is 35.0 Å². The third-order valence-corrected chi connectivity index (χ3v) is 6.71. The highest BCUT2D eigenvalue weighted by Gasteiger charge is 2.25. The van der Waals surface area contributed by atoms with Crippen molar-refractivity contribution in [1.29, 1.82) is 0 Å². The lowest BCUT2D eigenvalue weighted by atomic mass is 10.1. The normalized spacial score (nSPS) is 17.2. The number of carbonyl (C=O) groups is 1. The Morgan fingerprint density at radius 2 is 1.90 bits per heavy atom. The number of carbonyl (C=O) groups excluding carboxylic acids is 1. The lowest BCUT2D eigenvalue weighted by molar-refractivity contribution is 0.0628. The van der Waals surface area contributed by atoms with Crippen LogP contribution in [0.3, 0.4) is 0 Å². The van der Waals surface area contributed by atoms with Gasteiger partial charge in [-0.1, -0.05) is 23.7 Å². The molecule has 0 spiro atoms. The molecular weight excluding hydrogens is 422 g/mol. The summed E-state index contributed by atoms with van der Waals surface area (Å²) >= 11 is 8.10. The van der Waals surface area contributed by atoms with E-state index < -0.39 is 0 Å². The van der Waals surface area contributed by atoms with Crippen LogP contribution in [0.15, 0.2) is 36.4 Å². The molecule has 0 radical (unpaired) electrons. The molecule has 3 heterocycles. The molecule has 6 nitrogen and oxygen atoms in total. The van der Waals surface area contributed by atoms with Crippen molar-refractivity contribution < 1.29 is 14.3 Å². The highest BCUT2D eigenvalue weighted by atomic mass is 35.5. The van der Waals surface area contributed by atoms with Crippen LogP contribution in [-0.2, 0) is 6.54 Å². The summed E-state index contributed by atoms with van der Waals surface area (Å²) in [6, 6.07) is 11.6. The maximum Gasteiger partial charge on any atom is 0.254 e. The molecule has 2 aromatic carbocycles. The van der Waals surface area contributed by atoms with Gasteiger partial charge in [0.15, 0.2) is 11.5 Å². The van der Waals surface area contributed by atoms with Crippen molar-refractivity contribution in [2.75, 3.05) is 39.4 Å². The number of ether oxygens (including phenoxy) is 2. The second-order valence-corrected chi connectivity index (χ2v) is 9.00. The van der Waals surface area contributed by atoms with Crippen LogP contribution >= 0.6 is 22.9 Å². The minimum Gasteiger partial charge on any atom is -0.489 e. The zero-order chi connectivity index (χ0) is 20.5. The highest BCUT2D eigenvalue weighted by molar-refractivity contribution is 7.18. The first-order valence-electron chi connectivity index (χ1n) is 10.1. The summed E-state index contributed by atoms with van der Waals surface area (Å²) in [7, 11) is 0. The molecule has 1 saturated heterocycles. The van der Waals surface area contributed by atoms with E-state index in [1.807, 2.05) is 23.1 Å². The number of rotatable bonds is 3. The van der Waals surface area contributed by atoms with Gasteiger partial charge in [-0.15, -0.1) is 11.3 Å². The summed E-state index contributed by atoms with van der Waals surface area (Å²) in [5.41, 5.74) is 1.60. The summed E-state index contributed by atoms with van der Waals surface area (Å²) in [5.74, 6) is 1.07. The van der Waals surface area contributed by atoms with Gasteiger partial charge >= 0.3 is 0 Å². The number of halogens is 1. The number of piperazine rings is 1. The molecule has 1 amide bonds. The van der Waals surface area contributed by atoms with Gasteiger partial charge in [0.1, 0.15) is 5.01 Å². The largest absolute Gasteiger partial charge is 0.489 e. The smallest absolute Gasteiger partial charge is 0.254 e. The van der Waals surface area contributed by atoms with Crippen LogP contribution in [0.4, 0.5) is 0 Å². The van der Waals surface area contributed by atoms with E-state index in [2.05, 4.69) is 11.0 Å². The molecule has 0 bridgehead atoms. The molecule has 0 unspecified atom stereocenters. The maximum absolute atomic E-state index is 13.0. The quantitative estimate of drug-likeness (QED) is 0.610. The van der Waals surface area contributed by atoms with Gasteiger partial charge in [-0.3, -0.25) is 9.69 Å². The Morgan fingerprint density at radius 3 is 2.73 bits per heavy atom. The second-order valence-electron chi connectivity index (χ2n) is 7.48. The number of hydrogen-bond acceptors (Lipinski definition) is 6. The first-order chi connectivity index (χ1) is 14.7. The van der Waals surface area contributed by atoms with Gasteiger partial charge < -0.3 is 14.4 Å². The van der Waals surface area contributed by atoms with Gasteiger partial charge in [0.2, 0.25) is 0 Å². The predicted octanol–water partition coefficient (Wildman–Crippen LogP) is 4.07. The number of benzene rings is 2. The molecule has 156 valence electrons. The standard InChI is InChI=1S/C22H22ClN3O3S/c23-16-12-15(13-18-21(16)29-11-3-10-28-18)22(27)26-8-6-25(7-9-26)14-20-24-17-4-1-2-5-19(17)30-20/h1-2,4-5,12-13H,3,6-11,14H2. The Bertz CT molecular complexity index is 1050. The van der Waals surface area contributed by atoms with Crippen molar-refractivity contribution in [3.63, 3.8) is 0 Å². The maximum atomic E-state index is 13.0. The molecule has 0 atom stereocenters. The van der Waals surface area contributed by atoms with E-state index in [4.69, 9.17) is 26.1 Å². The lowest BCUT2D eigenvalue weighted by Crippen LogP contribution is -2.48. The van der Waals surface area contributed by atoms with E-state index >= 15 is 0 Å². The van der Waals surface area contributed by atoms with E-state index in [-0.39, 0.29) is 5.91 Å². The van der Waals surface area contributed by atoms with Gasteiger partial charge in [-0.05, 0) is 24.3 Å². The van der Waals surface area contributed by atoms with Gasteiger partial charge in [-0.25, -0.2) is 4.98 Å². The summed E-state index contributed by atoms with van der Waals surface area (Å²) in [6.45, 7) is 4.94. The molecule has 30 heavy (non-hydrogen) atoms. The fraction of sp³-hybridized carbons (Fsp3) is 0.364. The van der Waals surface area contributed by atoms with Crippen molar-refractivity contribution in [3.8, 4) is 11.5 Å². The number of thiazole rings is 1. The van der Waals surface area contributed by atoms with Crippen LogP contribution in [0, 0.1) is 0 Å². The average molecular weight is 444 g/mol. The van der Waals surface area contributed by atoms with E-state index in [1.165, 1.54) is 4.70 Å². The third kappa shape index (κ3) is 3.97. The van der Waals surface area contributed by atoms with E-state index in [0.717, 1.165) is 36.6 Å². The average Bonchev–Trinajstić information content (AvgIpc) is 3.01. The Labute approximate surface area is 184 Å². The van der Waals surface area contributed by atoms with Crippen molar-refractivity contribution in [1.82, 2.24) is 14.8 Å². The van der Waals surface area contributed by atoms with Crippen LogP contribution in [0.25, 0.3) is 10.2 Å². The molecule has 3 aromatic rings. The number of fused-ring (bicyclic) bond motifs is 2. The Balaban J connectivity index is 1.23. The summed E-state index contributed by atoms with van der Waals surface area (Å²) in [4.78, 5) is 22.0. The fourth-order valence-corrected chi connectivity index (χ4v) is 5.10. The molecule has 5 rings (SSSR count). The van der Waals surface area contributed by atoms with Gasteiger partial charge in [-0.2, -0.15) is 0 Å². The highest BCUT2D eigenvalue weighted by Crippen LogP contribution is 2.38. The molecule has 0 saturated carbocycles. The zero-order valence-electron chi connectivity index (χ0n) is 16.5. The minimum atomic E-state index is -0.0211. The van der Waals surface area contributed by atoms with Gasteiger partial charge in [0, 0.05) is 38.2 Å². The van der Waals surface area contributed by atoms with E-state index in [1.54, 1.807) is 23.5 Å². The molecule has 1 fully saturated rings. The molecule has 2 aliphatic rings. The zero-order valence-corrected chi connectivity index (χ0v) is 18.0. The van der Waals surface area contributed by atoms with Crippen LogP contribution in [-0.4, -0.2) is 60.1 Å². The molecular formula is C22H22ClN3O3S. The molecule has 0 aliphatic carbocycles. The van der Waals surface area contributed by atoms with E-state index in [9.17, 15) is 4.79 Å². The predicted molar refractivity (Wildman–Crippen MR) is 118 cm³/mol. The third-order valence-electron chi connectivity index (χ3n) is 5.41. The van der Waals surface area contributed by atoms with Crippen LogP contribution in [0.2, 0.25) is 5.02 Å². The van der Waals surface area contributed by atoms with Crippen molar-refractivity contribution in [2.24, 2.45) is 0 Å². The number of amides is 1. The Hall–Kier alpha value is -2.35. The van der Waals surface area contributed by atoms with Crippen LogP contribution in [0.5, 0.6) is 11.5 Å². The Kier molecular flexibility index (Phi) is 5.50. The number of aromatic nitrogens is 1. The van der Waals surface area contributed by atoms with Gasteiger partial charge in [0.25, 0.3) is 5.91 Å². The summed E-state index contributed by atoms with van der Waals surface area (Å²) in [6.07, 6.45) is 0.797.